The monoisotopic (exact) mass is 298 g/mol. The van der Waals surface area contributed by atoms with Crippen molar-refractivity contribution in [2.24, 2.45) is 0 Å². The fraction of sp³-hybridized carbons (Fsp3) is 0.462. The molecule has 0 aromatic carbocycles. The molecular weight excluding hydrogens is 280 g/mol. The smallest absolute Gasteiger partial charge is 0.329 e. The van der Waals surface area contributed by atoms with Crippen LogP contribution in [0.3, 0.4) is 0 Å². The Labute approximate surface area is 121 Å². The van der Waals surface area contributed by atoms with Crippen LogP contribution in [0.15, 0.2) is 17.5 Å². The van der Waals surface area contributed by atoms with Gasteiger partial charge in [-0.05, 0) is 31.7 Å². The minimum atomic E-state index is -1.33. The quantitative estimate of drug-likeness (QED) is 0.736. The van der Waals surface area contributed by atoms with E-state index in [1.165, 1.54) is 25.2 Å². The second-order valence-electron chi connectivity index (χ2n) is 4.65. The van der Waals surface area contributed by atoms with Gasteiger partial charge in [-0.25, -0.2) is 4.79 Å². The Kier molecular flexibility index (Phi) is 5.26. The molecule has 1 aromatic rings. The summed E-state index contributed by atoms with van der Waals surface area (Å²) in [5.41, 5.74) is -1.33. The van der Waals surface area contributed by atoms with E-state index < -0.39 is 23.5 Å². The van der Waals surface area contributed by atoms with E-state index in [0.29, 0.717) is 4.88 Å². The normalized spacial score (nSPS) is 14.9. The van der Waals surface area contributed by atoms with Gasteiger partial charge in [0.05, 0.1) is 4.88 Å². The first-order valence-corrected chi connectivity index (χ1v) is 7.08. The van der Waals surface area contributed by atoms with E-state index in [2.05, 4.69) is 10.6 Å². The molecule has 7 heteroatoms. The molecule has 2 unspecified atom stereocenters. The summed E-state index contributed by atoms with van der Waals surface area (Å²) in [5.74, 6) is -1.98. The number of rotatable bonds is 6. The minimum Gasteiger partial charge on any atom is -0.480 e. The van der Waals surface area contributed by atoms with Gasteiger partial charge < -0.3 is 15.7 Å². The Morgan fingerprint density at radius 2 is 2.10 bits per heavy atom. The van der Waals surface area contributed by atoms with Gasteiger partial charge in [-0.1, -0.05) is 13.0 Å². The molecule has 110 valence electrons. The molecule has 1 rings (SSSR count). The van der Waals surface area contributed by atoms with Crippen molar-refractivity contribution >= 4 is 29.1 Å². The zero-order valence-electron chi connectivity index (χ0n) is 11.6. The van der Waals surface area contributed by atoms with Gasteiger partial charge in [0.2, 0.25) is 5.91 Å². The molecule has 6 nitrogen and oxygen atoms in total. The second kappa shape index (κ2) is 6.51. The highest BCUT2D eigenvalue weighted by Crippen LogP contribution is 2.10. The zero-order valence-corrected chi connectivity index (χ0v) is 12.4. The molecule has 1 heterocycles. The van der Waals surface area contributed by atoms with Gasteiger partial charge in [-0.3, -0.25) is 9.59 Å². The van der Waals surface area contributed by atoms with Gasteiger partial charge in [0.15, 0.2) is 0 Å². The molecule has 0 saturated heterocycles. The first kappa shape index (κ1) is 16.2. The fourth-order valence-corrected chi connectivity index (χ4v) is 2.04. The summed E-state index contributed by atoms with van der Waals surface area (Å²) < 4.78 is 0. The molecule has 0 aliphatic carbocycles. The van der Waals surface area contributed by atoms with Crippen molar-refractivity contribution < 1.29 is 19.5 Å². The van der Waals surface area contributed by atoms with E-state index in [9.17, 15) is 14.4 Å². The van der Waals surface area contributed by atoms with Gasteiger partial charge in [-0.2, -0.15) is 0 Å². The molecule has 0 aliphatic heterocycles. The fourth-order valence-electron chi connectivity index (χ4n) is 1.41. The Morgan fingerprint density at radius 3 is 2.55 bits per heavy atom. The maximum absolute atomic E-state index is 11.9. The Bertz CT molecular complexity index is 500. The number of nitrogens with one attached hydrogen (secondary N) is 2. The van der Waals surface area contributed by atoms with E-state index in [1.54, 1.807) is 24.4 Å². The van der Waals surface area contributed by atoms with Crippen molar-refractivity contribution in [2.75, 3.05) is 0 Å². The van der Waals surface area contributed by atoms with Crippen molar-refractivity contribution in [3.05, 3.63) is 22.4 Å². The molecule has 3 N–H and O–H groups in total. The third kappa shape index (κ3) is 3.80. The lowest BCUT2D eigenvalue weighted by atomic mass is 9.99. The maximum atomic E-state index is 11.9. The Morgan fingerprint density at radius 1 is 1.45 bits per heavy atom. The molecule has 0 fully saturated rings. The number of hydrogen-bond donors (Lipinski definition) is 3. The standard InChI is InChI=1S/C13H18N2O4S/c1-4-13(3,12(18)19)15-10(16)8(2)14-11(17)9-6-5-7-20-9/h5-8H,4H2,1-3H3,(H,14,17)(H,15,16)(H,18,19). The largest absolute Gasteiger partial charge is 0.480 e. The molecule has 0 saturated carbocycles. The van der Waals surface area contributed by atoms with Gasteiger partial charge in [-0.15, -0.1) is 11.3 Å². The lowest BCUT2D eigenvalue weighted by Crippen LogP contribution is -2.56. The number of carbonyl (C=O) groups is 3. The third-order valence-electron chi connectivity index (χ3n) is 3.06. The molecule has 1 aromatic heterocycles. The Hall–Kier alpha value is -1.89. The predicted molar refractivity (Wildman–Crippen MR) is 75.7 cm³/mol. The number of aliphatic carboxylic acids is 1. The van der Waals surface area contributed by atoms with Gasteiger partial charge in [0.25, 0.3) is 5.91 Å². The number of carboxylic acid groups (broad SMARTS) is 1. The average molecular weight is 298 g/mol. The highest BCUT2D eigenvalue weighted by Gasteiger charge is 2.34. The molecular formula is C13H18N2O4S. The van der Waals surface area contributed by atoms with Crippen LogP contribution >= 0.6 is 11.3 Å². The lowest BCUT2D eigenvalue weighted by molar-refractivity contribution is -0.147. The van der Waals surface area contributed by atoms with Crippen LogP contribution in [-0.4, -0.2) is 34.5 Å². The van der Waals surface area contributed by atoms with Crippen molar-refractivity contribution in [1.82, 2.24) is 10.6 Å². The van der Waals surface area contributed by atoms with Crippen LogP contribution in [-0.2, 0) is 9.59 Å². The maximum Gasteiger partial charge on any atom is 0.329 e. The number of carboxylic acids is 1. The van der Waals surface area contributed by atoms with Crippen molar-refractivity contribution in [1.29, 1.82) is 0 Å². The zero-order chi connectivity index (χ0) is 15.3. The van der Waals surface area contributed by atoms with Crippen LogP contribution in [0, 0.1) is 0 Å². The summed E-state index contributed by atoms with van der Waals surface area (Å²) in [6, 6.07) is 2.58. The topological polar surface area (TPSA) is 95.5 Å². The number of hydrogen-bond acceptors (Lipinski definition) is 4. The summed E-state index contributed by atoms with van der Waals surface area (Å²) in [6.07, 6.45) is 0.250. The summed E-state index contributed by atoms with van der Waals surface area (Å²) in [7, 11) is 0. The van der Waals surface area contributed by atoms with Crippen LogP contribution in [0.2, 0.25) is 0 Å². The number of amides is 2. The molecule has 0 radical (unpaired) electrons. The lowest BCUT2D eigenvalue weighted by Gasteiger charge is -2.26. The first-order chi connectivity index (χ1) is 9.30. The predicted octanol–water partition coefficient (Wildman–Crippen LogP) is 1.24. The molecule has 0 aliphatic rings. The van der Waals surface area contributed by atoms with Gasteiger partial charge >= 0.3 is 5.97 Å². The average Bonchev–Trinajstić information content (AvgIpc) is 2.91. The first-order valence-electron chi connectivity index (χ1n) is 6.20. The van der Waals surface area contributed by atoms with E-state index >= 15 is 0 Å². The van der Waals surface area contributed by atoms with Crippen LogP contribution in [0.25, 0.3) is 0 Å². The van der Waals surface area contributed by atoms with E-state index in [4.69, 9.17) is 5.11 Å². The summed E-state index contributed by atoms with van der Waals surface area (Å²) in [6.45, 7) is 4.61. The van der Waals surface area contributed by atoms with Gasteiger partial charge in [0.1, 0.15) is 11.6 Å². The van der Waals surface area contributed by atoms with Crippen LogP contribution in [0.1, 0.15) is 36.9 Å². The van der Waals surface area contributed by atoms with Crippen LogP contribution in [0.5, 0.6) is 0 Å². The van der Waals surface area contributed by atoms with Crippen molar-refractivity contribution in [3.8, 4) is 0 Å². The van der Waals surface area contributed by atoms with Crippen molar-refractivity contribution in [3.63, 3.8) is 0 Å². The van der Waals surface area contributed by atoms with Gasteiger partial charge in [0, 0.05) is 0 Å². The molecule has 0 bridgehead atoms. The number of thiophene rings is 1. The second-order valence-corrected chi connectivity index (χ2v) is 5.60. The van der Waals surface area contributed by atoms with Crippen LogP contribution in [0.4, 0.5) is 0 Å². The Balaban J connectivity index is 2.64. The molecule has 2 amide bonds. The summed E-state index contributed by atoms with van der Waals surface area (Å²) in [4.78, 5) is 35.4. The number of carbonyl (C=O) groups excluding carboxylic acids is 2. The minimum absolute atomic E-state index is 0.250. The van der Waals surface area contributed by atoms with E-state index in [0.717, 1.165) is 0 Å². The summed E-state index contributed by atoms with van der Waals surface area (Å²) in [5, 5.41) is 15.8. The van der Waals surface area contributed by atoms with E-state index in [1.807, 2.05) is 0 Å². The molecule has 0 spiro atoms. The highest BCUT2D eigenvalue weighted by molar-refractivity contribution is 7.12. The SMILES string of the molecule is CCC(C)(NC(=O)C(C)NC(=O)c1cccs1)C(=O)O. The highest BCUT2D eigenvalue weighted by atomic mass is 32.1. The summed E-state index contributed by atoms with van der Waals surface area (Å²) >= 11 is 1.27. The molecule has 20 heavy (non-hydrogen) atoms. The third-order valence-corrected chi connectivity index (χ3v) is 3.93. The van der Waals surface area contributed by atoms with Crippen molar-refractivity contribution in [2.45, 2.75) is 38.8 Å². The van der Waals surface area contributed by atoms with E-state index in [-0.39, 0.29) is 12.3 Å². The molecule has 2 atom stereocenters. The van der Waals surface area contributed by atoms with Crippen LogP contribution < -0.4 is 10.6 Å².